The summed E-state index contributed by atoms with van der Waals surface area (Å²) < 4.78 is 29.1. The van der Waals surface area contributed by atoms with Gasteiger partial charge in [-0.1, -0.05) is 0 Å². The zero-order chi connectivity index (χ0) is 17.6. The van der Waals surface area contributed by atoms with Crippen LogP contribution in [0.2, 0.25) is 0 Å². The van der Waals surface area contributed by atoms with Crippen LogP contribution in [0.4, 0.5) is 0 Å². The molecule has 0 bridgehead atoms. The second kappa shape index (κ2) is 8.26. The molecule has 24 heavy (non-hydrogen) atoms. The number of nitrogens with zero attached hydrogens (tertiary/aromatic N) is 2. The predicted molar refractivity (Wildman–Crippen MR) is 97.3 cm³/mol. The van der Waals surface area contributed by atoms with E-state index in [-0.39, 0.29) is 0 Å². The highest BCUT2D eigenvalue weighted by atomic mass is 32.2. The summed E-state index contributed by atoms with van der Waals surface area (Å²) in [5.74, 6) is 0.611. The monoisotopic (exact) mass is 374 g/mol. The first-order valence-corrected chi connectivity index (χ1v) is 10.8. The van der Waals surface area contributed by atoms with Crippen LogP contribution in [0, 0.1) is 6.92 Å². The van der Waals surface area contributed by atoms with Crippen LogP contribution in [0.1, 0.15) is 29.7 Å². The average Bonchev–Trinajstić information content (AvgIpc) is 2.95. The molecule has 0 unspecified atom stereocenters. The molecule has 1 saturated heterocycles. The molecule has 0 atom stereocenters. The maximum Gasteiger partial charge on any atom is 0.191 e. The molecule has 2 rings (SSSR count). The Kier molecular flexibility index (Phi) is 6.59. The summed E-state index contributed by atoms with van der Waals surface area (Å²) in [6.45, 7) is 6.45. The summed E-state index contributed by atoms with van der Waals surface area (Å²) in [6.07, 6.45) is 4.15. The molecule has 0 spiro atoms. The molecule has 2 heterocycles. The molecule has 1 aromatic rings. The number of hydrogen-bond acceptors (Lipinski definition) is 6. The largest absolute Gasteiger partial charge is 0.381 e. The Bertz CT molecular complexity index is 664. The molecule has 9 heteroatoms. The molecular weight excluding hydrogens is 348 g/mol. The lowest BCUT2D eigenvalue weighted by Gasteiger charge is -2.35. The van der Waals surface area contributed by atoms with Gasteiger partial charge in [0.1, 0.15) is 5.01 Å². The van der Waals surface area contributed by atoms with Crippen molar-refractivity contribution in [2.24, 2.45) is 4.99 Å². The Hall–Kier alpha value is -1.19. The highest BCUT2D eigenvalue weighted by Gasteiger charge is 2.42. The van der Waals surface area contributed by atoms with Gasteiger partial charge >= 0.3 is 0 Å². The molecule has 0 radical (unpaired) electrons. The summed E-state index contributed by atoms with van der Waals surface area (Å²) in [7, 11) is -3.20. The average molecular weight is 375 g/mol. The quantitative estimate of drug-likeness (QED) is 0.572. The maximum atomic E-state index is 12.3. The minimum Gasteiger partial charge on any atom is -0.381 e. The molecule has 7 nitrogen and oxygen atoms in total. The van der Waals surface area contributed by atoms with Crippen molar-refractivity contribution in [1.29, 1.82) is 0 Å². The van der Waals surface area contributed by atoms with Gasteiger partial charge in [0.15, 0.2) is 15.8 Å². The van der Waals surface area contributed by atoms with E-state index >= 15 is 0 Å². The smallest absolute Gasteiger partial charge is 0.191 e. The van der Waals surface area contributed by atoms with Gasteiger partial charge in [-0.15, -0.1) is 11.3 Å². The van der Waals surface area contributed by atoms with E-state index in [4.69, 9.17) is 4.74 Å². The minimum atomic E-state index is -3.20. The molecule has 1 aliphatic rings. The number of hydrogen-bond donors (Lipinski definition) is 2. The van der Waals surface area contributed by atoms with Crippen LogP contribution in [-0.4, -0.2) is 56.7 Å². The molecule has 0 aliphatic carbocycles. The zero-order valence-electron chi connectivity index (χ0n) is 14.5. The highest BCUT2D eigenvalue weighted by Crippen LogP contribution is 2.28. The van der Waals surface area contributed by atoms with Crippen LogP contribution in [0.15, 0.2) is 11.2 Å². The van der Waals surface area contributed by atoms with Crippen molar-refractivity contribution >= 4 is 27.1 Å². The Morgan fingerprint density at radius 3 is 2.67 bits per heavy atom. The van der Waals surface area contributed by atoms with Gasteiger partial charge in [0.2, 0.25) is 0 Å². The maximum absolute atomic E-state index is 12.3. The van der Waals surface area contributed by atoms with Crippen molar-refractivity contribution in [3.05, 3.63) is 16.1 Å². The van der Waals surface area contributed by atoms with E-state index in [2.05, 4.69) is 20.6 Å². The normalized spacial score (nSPS) is 18.4. The Balaban J connectivity index is 2.05. The number of thiazole rings is 1. The molecule has 0 amide bonds. The van der Waals surface area contributed by atoms with Crippen LogP contribution in [0.25, 0.3) is 0 Å². The first kappa shape index (κ1) is 19.1. The summed E-state index contributed by atoms with van der Waals surface area (Å²) in [5.41, 5.74) is 0. The molecule has 1 aromatic heterocycles. The lowest BCUT2D eigenvalue weighted by Crippen LogP contribution is -2.53. The topological polar surface area (TPSA) is 92.7 Å². The third-order valence-corrected chi connectivity index (χ3v) is 7.18. The van der Waals surface area contributed by atoms with E-state index in [9.17, 15) is 8.42 Å². The van der Waals surface area contributed by atoms with E-state index < -0.39 is 14.6 Å². The van der Waals surface area contributed by atoms with Crippen LogP contribution in [0.3, 0.4) is 0 Å². The number of ether oxygens (including phenoxy) is 1. The fraction of sp³-hybridized carbons (Fsp3) is 0.733. The van der Waals surface area contributed by atoms with Crippen LogP contribution in [-0.2, 0) is 21.1 Å². The zero-order valence-corrected chi connectivity index (χ0v) is 16.1. The molecule has 1 fully saturated rings. The van der Waals surface area contributed by atoms with E-state index in [0.717, 1.165) is 9.88 Å². The third-order valence-electron chi connectivity index (χ3n) is 4.15. The summed E-state index contributed by atoms with van der Waals surface area (Å²) >= 11 is 1.61. The minimum absolute atomic E-state index is 0.331. The molecule has 136 valence electrons. The second-order valence-electron chi connectivity index (χ2n) is 5.98. The van der Waals surface area contributed by atoms with Gasteiger partial charge in [-0.3, -0.25) is 0 Å². The SMILES string of the molecule is CCNC(=NCc1ncc(C)s1)NCC1(S(C)(=O)=O)CCOCC1. The number of guanidine groups is 1. The van der Waals surface area contributed by atoms with E-state index in [1.165, 1.54) is 6.26 Å². The van der Waals surface area contributed by atoms with Crippen molar-refractivity contribution in [3.63, 3.8) is 0 Å². The Labute approximate surface area is 147 Å². The van der Waals surface area contributed by atoms with Gasteiger partial charge in [-0.25, -0.2) is 18.4 Å². The standard InChI is InChI=1S/C15H26N4O3S2/c1-4-16-14(18-10-13-17-9-12(2)23-13)19-11-15(24(3,20)21)5-7-22-8-6-15/h9H,4-8,10-11H2,1-3H3,(H2,16,18,19). The van der Waals surface area contributed by atoms with Crippen LogP contribution >= 0.6 is 11.3 Å². The summed E-state index contributed by atoms with van der Waals surface area (Å²) in [4.78, 5) is 9.95. The van der Waals surface area contributed by atoms with E-state index in [0.29, 0.717) is 51.6 Å². The Morgan fingerprint density at radius 1 is 1.42 bits per heavy atom. The van der Waals surface area contributed by atoms with Crippen LogP contribution < -0.4 is 10.6 Å². The van der Waals surface area contributed by atoms with Gasteiger partial charge in [0, 0.05) is 43.6 Å². The lowest BCUT2D eigenvalue weighted by molar-refractivity contribution is 0.0756. The van der Waals surface area contributed by atoms with Gasteiger partial charge in [-0.05, 0) is 26.7 Å². The van der Waals surface area contributed by atoms with E-state index in [1.54, 1.807) is 11.3 Å². The van der Waals surface area contributed by atoms with E-state index in [1.807, 2.05) is 20.0 Å². The predicted octanol–water partition coefficient (Wildman–Crippen LogP) is 1.10. The van der Waals surface area contributed by atoms with Crippen LogP contribution in [0.5, 0.6) is 0 Å². The van der Waals surface area contributed by atoms with Crippen molar-refractivity contribution in [3.8, 4) is 0 Å². The van der Waals surface area contributed by atoms with Gasteiger partial charge in [0.25, 0.3) is 0 Å². The number of aliphatic imine (C=N–C) groups is 1. The number of rotatable bonds is 6. The van der Waals surface area contributed by atoms with Gasteiger partial charge in [-0.2, -0.15) is 0 Å². The molecule has 2 N–H and O–H groups in total. The third kappa shape index (κ3) is 4.90. The number of sulfone groups is 1. The van der Waals surface area contributed by atoms with Crippen molar-refractivity contribution in [2.75, 3.05) is 32.6 Å². The van der Waals surface area contributed by atoms with Crippen molar-refractivity contribution in [1.82, 2.24) is 15.6 Å². The van der Waals surface area contributed by atoms with Crippen molar-refractivity contribution in [2.45, 2.75) is 38.0 Å². The molecule has 1 aliphatic heterocycles. The number of aryl methyl sites for hydroxylation is 1. The second-order valence-corrected chi connectivity index (χ2v) is 9.71. The first-order valence-electron chi connectivity index (χ1n) is 8.07. The fourth-order valence-corrected chi connectivity index (χ4v) is 4.58. The van der Waals surface area contributed by atoms with Gasteiger partial charge in [0.05, 0.1) is 11.3 Å². The lowest BCUT2D eigenvalue weighted by atomic mass is 9.99. The molecule has 0 saturated carbocycles. The first-order chi connectivity index (χ1) is 11.4. The highest BCUT2D eigenvalue weighted by molar-refractivity contribution is 7.92. The molecular formula is C15H26N4O3S2. The van der Waals surface area contributed by atoms with Crippen molar-refractivity contribution < 1.29 is 13.2 Å². The summed E-state index contributed by atoms with van der Waals surface area (Å²) in [6, 6.07) is 0. The Morgan fingerprint density at radius 2 is 2.12 bits per heavy atom. The van der Waals surface area contributed by atoms with Gasteiger partial charge < -0.3 is 15.4 Å². The summed E-state index contributed by atoms with van der Waals surface area (Å²) in [5, 5.41) is 7.29. The number of nitrogens with one attached hydrogen (secondary N) is 2. The number of aromatic nitrogens is 1. The fourth-order valence-electron chi connectivity index (χ4n) is 2.63. The molecule has 0 aromatic carbocycles.